The summed E-state index contributed by atoms with van der Waals surface area (Å²) in [6, 6.07) is 10.2. The molecule has 7 rings (SSSR count). The summed E-state index contributed by atoms with van der Waals surface area (Å²) in [4.78, 5) is 27.0. The fourth-order valence-corrected chi connectivity index (χ4v) is 6.52. The zero-order valence-corrected chi connectivity index (χ0v) is 24.3. The van der Waals surface area contributed by atoms with E-state index in [9.17, 15) is 9.59 Å². The number of likely N-dealkylation sites (tertiary alicyclic amines) is 1. The molecule has 0 spiro atoms. The molecule has 2 aliphatic heterocycles. The number of aromatic nitrogens is 3. The van der Waals surface area contributed by atoms with E-state index in [1.165, 1.54) is 12.8 Å². The van der Waals surface area contributed by atoms with Crippen LogP contribution in [-0.2, 0) is 11.3 Å². The maximum Gasteiger partial charge on any atom is 0.255 e. The van der Waals surface area contributed by atoms with E-state index in [2.05, 4.69) is 28.9 Å². The summed E-state index contributed by atoms with van der Waals surface area (Å²) in [6.07, 6.45) is 7.42. The normalized spacial score (nSPS) is 20.8. The predicted molar refractivity (Wildman–Crippen MR) is 160 cm³/mol. The van der Waals surface area contributed by atoms with Crippen LogP contribution in [0.25, 0.3) is 27.8 Å². The molecule has 3 aliphatic rings. The molecule has 2 saturated heterocycles. The minimum absolute atomic E-state index is 0.00560. The second kappa shape index (κ2) is 10.7. The molecular formula is C32H38N6O4. The van der Waals surface area contributed by atoms with Crippen LogP contribution in [0.15, 0.2) is 36.5 Å². The van der Waals surface area contributed by atoms with Gasteiger partial charge in [-0.3, -0.25) is 9.59 Å². The Bertz CT molecular complexity index is 1690. The molecular weight excluding hydrogens is 532 g/mol. The van der Waals surface area contributed by atoms with Crippen LogP contribution in [0.1, 0.15) is 54.4 Å². The monoisotopic (exact) mass is 570 g/mol. The molecule has 10 heteroatoms. The Balaban J connectivity index is 1.30. The van der Waals surface area contributed by atoms with Crippen LogP contribution >= 0.6 is 0 Å². The molecule has 0 unspecified atom stereocenters. The summed E-state index contributed by atoms with van der Waals surface area (Å²) < 4.78 is 16.3. The van der Waals surface area contributed by atoms with Gasteiger partial charge in [-0.1, -0.05) is 12.1 Å². The lowest BCUT2D eigenvalue weighted by molar-refractivity contribution is -0.119. The van der Waals surface area contributed by atoms with Gasteiger partial charge in [0, 0.05) is 49.2 Å². The Kier molecular flexibility index (Phi) is 6.80. The minimum Gasteiger partial charge on any atom is -0.494 e. The number of nitrogens with one attached hydrogen (secondary N) is 1. The van der Waals surface area contributed by atoms with Gasteiger partial charge >= 0.3 is 0 Å². The number of ether oxygens (including phenoxy) is 2. The van der Waals surface area contributed by atoms with Crippen molar-refractivity contribution in [2.75, 3.05) is 26.8 Å². The van der Waals surface area contributed by atoms with E-state index in [1.54, 1.807) is 11.6 Å². The maximum absolute atomic E-state index is 13.5. The van der Waals surface area contributed by atoms with Crippen molar-refractivity contribution in [3.05, 3.63) is 47.7 Å². The van der Waals surface area contributed by atoms with Crippen LogP contribution in [0.4, 0.5) is 0 Å². The van der Waals surface area contributed by atoms with Crippen LogP contribution in [0.2, 0.25) is 0 Å². The Morgan fingerprint density at radius 3 is 2.74 bits per heavy atom. The lowest BCUT2D eigenvalue weighted by Crippen LogP contribution is -2.45. The van der Waals surface area contributed by atoms with E-state index in [0.29, 0.717) is 43.3 Å². The Morgan fingerprint density at radius 1 is 1.14 bits per heavy atom. The average Bonchev–Trinajstić information content (AvgIpc) is 3.46. The zero-order valence-electron chi connectivity index (χ0n) is 24.3. The van der Waals surface area contributed by atoms with Crippen molar-refractivity contribution in [1.29, 1.82) is 0 Å². The Morgan fingerprint density at radius 2 is 2.00 bits per heavy atom. The number of para-hydroxylation sites is 1. The van der Waals surface area contributed by atoms with Crippen molar-refractivity contribution in [2.45, 2.75) is 64.1 Å². The molecule has 1 aromatic carbocycles. The number of methoxy groups -OCH3 is 1. The highest BCUT2D eigenvalue weighted by Crippen LogP contribution is 2.40. The van der Waals surface area contributed by atoms with Crippen molar-refractivity contribution in [1.82, 2.24) is 24.4 Å². The van der Waals surface area contributed by atoms with E-state index in [4.69, 9.17) is 20.3 Å². The van der Waals surface area contributed by atoms with Crippen molar-refractivity contribution >= 4 is 28.2 Å². The number of carbonyl (C=O) groups excluding carboxylic acids is 2. The fraction of sp³-hybridized carbons (Fsp3) is 0.469. The number of fused-ring (bicyclic) bond motifs is 2. The minimum atomic E-state index is -0.0526. The summed E-state index contributed by atoms with van der Waals surface area (Å²) in [5.74, 6) is 2.08. The van der Waals surface area contributed by atoms with Gasteiger partial charge in [-0.05, 0) is 63.1 Å². The lowest BCUT2D eigenvalue weighted by atomic mass is 10.1. The highest BCUT2D eigenvalue weighted by molar-refractivity contribution is 5.96. The molecule has 3 fully saturated rings. The third-order valence-electron chi connectivity index (χ3n) is 8.93. The molecule has 0 bridgehead atoms. The number of carbonyl (C=O) groups is 2. The van der Waals surface area contributed by atoms with Gasteiger partial charge in [0.15, 0.2) is 0 Å². The van der Waals surface area contributed by atoms with Crippen molar-refractivity contribution < 1.29 is 19.1 Å². The molecule has 220 valence electrons. The number of nitrogens with zero attached hydrogens (tertiary/aromatic N) is 4. The van der Waals surface area contributed by atoms with Crippen LogP contribution < -0.4 is 20.5 Å². The fourth-order valence-electron chi connectivity index (χ4n) is 6.52. The highest BCUT2D eigenvalue weighted by Gasteiger charge is 2.29. The first kappa shape index (κ1) is 26.8. The summed E-state index contributed by atoms with van der Waals surface area (Å²) in [5, 5.41) is 9.14. The molecule has 3 N–H and O–H groups in total. The molecule has 10 nitrogen and oxygen atoms in total. The van der Waals surface area contributed by atoms with Crippen LogP contribution in [-0.4, -0.2) is 69.8 Å². The van der Waals surface area contributed by atoms with Gasteiger partial charge in [0.1, 0.15) is 29.3 Å². The van der Waals surface area contributed by atoms with Crippen molar-refractivity contribution in [2.24, 2.45) is 11.7 Å². The van der Waals surface area contributed by atoms with Gasteiger partial charge in [0.2, 0.25) is 5.91 Å². The Labute approximate surface area is 244 Å². The van der Waals surface area contributed by atoms with Gasteiger partial charge in [-0.2, -0.15) is 5.10 Å². The molecule has 0 radical (unpaired) electrons. The van der Waals surface area contributed by atoms with Crippen LogP contribution in [0.3, 0.4) is 0 Å². The molecule has 3 aromatic heterocycles. The quantitative estimate of drug-likeness (QED) is 0.332. The predicted octanol–water partition coefficient (Wildman–Crippen LogP) is 3.90. The summed E-state index contributed by atoms with van der Waals surface area (Å²) in [6.45, 7) is 4.64. The largest absolute Gasteiger partial charge is 0.494 e. The number of piperidine rings is 1. The van der Waals surface area contributed by atoms with Gasteiger partial charge in [0.25, 0.3) is 5.91 Å². The topological polar surface area (TPSA) is 116 Å². The molecule has 1 aliphatic carbocycles. The third-order valence-corrected chi connectivity index (χ3v) is 8.93. The number of aryl methyl sites for hydroxylation is 1. The van der Waals surface area contributed by atoms with Gasteiger partial charge < -0.3 is 30.0 Å². The number of hydrogen-bond acceptors (Lipinski definition) is 6. The first-order valence-electron chi connectivity index (χ1n) is 15.1. The average molecular weight is 571 g/mol. The molecule has 2 atom stereocenters. The van der Waals surface area contributed by atoms with E-state index in [0.717, 1.165) is 64.9 Å². The summed E-state index contributed by atoms with van der Waals surface area (Å²) in [5.41, 5.74) is 11.4. The SMILES string of the molecule is COc1cc(C(=O)N2CCC[C@@H](N)C2)cn2nc(-c3cc4cccc(OC[C@@H]5CCC(=O)N5)c4n3CC3CC3)c(C)c12. The third kappa shape index (κ3) is 4.87. The molecule has 4 aromatic rings. The van der Waals surface area contributed by atoms with E-state index in [-0.39, 0.29) is 23.9 Å². The smallest absolute Gasteiger partial charge is 0.255 e. The molecule has 42 heavy (non-hydrogen) atoms. The van der Waals surface area contributed by atoms with E-state index >= 15 is 0 Å². The molecule has 1 saturated carbocycles. The first-order valence-corrected chi connectivity index (χ1v) is 15.1. The van der Waals surface area contributed by atoms with Gasteiger partial charge in [0.05, 0.1) is 29.9 Å². The van der Waals surface area contributed by atoms with Crippen molar-refractivity contribution in [3.63, 3.8) is 0 Å². The summed E-state index contributed by atoms with van der Waals surface area (Å²) >= 11 is 0. The second-order valence-corrected chi connectivity index (χ2v) is 12.1. The lowest BCUT2D eigenvalue weighted by Gasteiger charge is -2.30. The maximum atomic E-state index is 13.5. The number of nitrogens with two attached hydrogens (primary N) is 1. The number of benzene rings is 1. The number of hydrogen-bond donors (Lipinski definition) is 2. The summed E-state index contributed by atoms with van der Waals surface area (Å²) in [7, 11) is 1.63. The molecule has 2 amide bonds. The number of rotatable bonds is 8. The van der Waals surface area contributed by atoms with Crippen LogP contribution in [0.5, 0.6) is 11.5 Å². The Hall–Kier alpha value is -4.05. The van der Waals surface area contributed by atoms with Crippen molar-refractivity contribution in [3.8, 4) is 22.9 Å². The standard InChI is InChI=1S/C32H38N6O4/c1-19-29(35-38-16-22(14-27(41-2)30(19)38)32(40)36-12-4-6-23(33)17-36)25-13-21-5-3-7-26(31(21)37(25)15-20-8-9-20)42-18-24-10-11-28(39)34-24/h3,5,7,13-14,16,20,23-24H,4,6,8-12,15,17-18,33H2,1-2H3,(H,34,39)/t23-,24+/m1/s1. The van der Waals surface area contributed by atoms with Gasteiger partial charge in [-0.25, -0.2) is 4.52 Å². The van der Waals surface area contributed by atoms with E-state index in [1.807, 2.05) is 29.3 Å². The highest BCUT2D eigenvalue weighted by atomic mass is 16.5. The molecule has 5 heterocycles. The van der Waals surface area contributed by atoms with E-state index < -0.39 is 0 Å². The van der Waals surface area contributed by atoms with Crippen LogP contribution in [0, 0.1) is 12.8 Å². The zero-order chi connectivity index (χ0) is 29.0. The number of amides is 2. The number of pyridine rings is 1. The second-order valence-electron chi connectivity index (χ2n) is 12.1. The first-order chi connectivity index (χ1) is 20.4. The van der Waals surface area contributed by atoms with Gasteiger partial charge in [-0.15, -0.1) is 0 Å².